The van der Waals surface area contributed by atoms with Crippen LogP contribution in [0.5, 0.6) is 0 Å². The number of anilines is 1. The van der Waals surface area contributed by atoms with Crippen LogP contribution in [-0.4, -0.2) is 33.8 Å². The number of nitrogens with two attached hydrogens (primary N) is 1. The third-order valence-electron chi connectivity index (χ3n) is 1.43. The highest BCUT2D eigenvalue weighted by molar-refractivity contribution is 5.84. The van der Waals surface area contributed by atoms with Gasteiger partial charge in [0.05, 0.1) is 6.54 Å². The Hall–Kier alpha value is -1.59. The molecule has 0 amide bonds. The fourth-order valence-corrected chi connectivity index (χ4v) is 0.941. The number of aromatic nitrogens is 3. The fraction of sp³-hybridized carbons (Fsp3) is 0.400. The van der Waals surface area contributed by atoms with Gasteiger partial charge in [-0.15, -0.1) is 0 Å². The molecule has 11 heavy (non-hydrogen) atoms. The van der Waals surface area contributed by atoms with E-state index in [1.165, 1.54) is 11.0 Å². The highest BCUT2D eigenvalue weighted by Crippen LogP contribution is 1.95. The summed E-state index contributed by atoms with van der Waals surface area (Å²) in [5, 5.41) is 6.92. The van der Waals surface area contributed by atoms with Gasteiger partial charge in [-0.1, -0.05) is 0 Å². The van der Waals surface area contributed by atoms with Crippen molar-refractivity contribution in [3.05, 3.63) is 6.33 Å². The third-order valence-corrected chi connectivity index (χ3v) is 1.43. The summed E-state index contributed by atoms with van der Waals surface area (Å²) in [5.74, 6) is 1.04. The van der Waals surface area contributed by atoms with E-state index >= 15 is 0 Å². The molecule has 1 aromatic rings. The number of nitrogens with zero attached hydrogens (tertiary/aromatic N) is 4. The summed E-state index contributed by atoms with van der Waals surface area (Å²) in [4.78, 5) is 7.90. The lowest BCUT2D eigenvalue weighted by Gasteiger charge is -2.00. The second-order valence-electron chi connectivity index (χ2n) is 2.16. The topological polar surface area (TPSA) is 81.1 Å². The third kappa shape index (κ3) is 0.917. The molecule has 1 aromatic heterocycles. The minimum absolute atomic E-state index is 0.359. The average Bonchev–Trinajstić information content (AvgIpc) is 2.55. The molecule has 58 valence electrons. The summed E-state index contributed by atoms with van der Waals surface area (Å²) < 4.78 is 1.48. The van der Waals surface area contributed by atoms with Crippen LogP contribution in [0.15, 0.2) is 11.3 Å². The highest BCUT2D eigenvalue weighted by atomic mass is 15.4. The van der Waals surface area contributed by atoms with Crippen molar-refractivity contribution >= 4 is 11.9 Å². The van der Waals surface area contributed by atoms with Crippen LogP contribution in [0, 0.1) is 0 Å². The summed E-state index contributed by atoms with van der Waals surface area (Å²) in [6, 6.07) is 0. The molecule has 0 saturated carbocycles. The van der Waals surface area contributed by atoms with Gasteiger partial charge in [0.25, 0.3) is 0 Å². The van der Waals surface area contributed by atoms with Crippen LogP contribution in [-0.2, 0) is 0 Å². The molecule has 0 atom stereocenters. The number of hydrogen-bond donors (Lipinski definition) is 2. The largest absolute Gasteiger partial charge is 0.368 e. The Morgan fingerprint density at radius 2 is 2.55 bits per heavy atom. The summed E-state index contributed by atoms with van der Waals surface area (Å²) in [5.41, 5.74) is 5.49. The van der Waals surface area contributed by atoms with Crippen LogP contribution < -0.4 is 11.1 Å². The first kappa shape index (κ1) is 6.14. The first-order valence-electron chi connectivity index (χ1n) is 3.32. The van der Waals surface area contributed by atoms with E-state index in [9.17, 15) is 0 Å². The van der Waals surface area contributed by atoms with Crippen molar-refractivity contribution in [1.82, 2.24) is 20.1 Å². The zero-order chi connectivity index (χ0) is 7.68. The van der Waals surface area contributed by atoms with Gasteiger partial charge >= 0.3 is 0 Å². The molecule has 0 unspecified atom stereocenters. The van der Waals surface area contributed by atoms with Crippen molar-refractivity contribution in [3.63, 3.8) is 0 Å². The summed E-state index contributed by atoms with van der Waals surface area (Å²) in [6.45, 7) is 1.61. The molecule has 6 nitrogen and oxygen atoms in total. The molecular weight excluding hydrogens is 144 g/mol. The van der Waals surface area contributed by atoms with Crippen LogP contribution in [0.25, 0.3) is 0 Å². The Morgan fingerprint density at radius 3 is 3.09 bits per heavy atom. The summed E-state index contributed by atoms with van der Waals surface area (Å²) in [7, 11) is 0. The van der Waals surface area contributed by atoms with Crippen LogP contribution in [0.3, 0.4) is 0 Å². The van der Waals surface area contributed by atoms with Gasteiger partial charge in [-0.3, -0.25) is 0 Å². The fourth-order valence-electron chi connectivity index (χ4n) is 0.941. The van der Waals surface area contributed by atoms with Gasteiger partial charge in [-0.05, 0) is 0 Å². The van der Waals surface area contributed by atoms with Gasteiger partial charge in [0.2, 0.25) is 11.9 Å². The maximum atomic E-state index is 5.49. The predicted octanol–water partition coefficient (Wildman–Crippen LogP) is -1.33. The lowest BCUT2D eigenvalue weighted by Crippen LogP contribution is -2.28. The summed E-state index contributed by atoms with van der Waals surface area (Å²) >= 11 is 0. The van der Waals surface area contributed by atoms with Crippen molar-refractivity contribution in [3.8, 4) is 0 Å². The average molecular weight is 152 g/mol. The van der Waals surface area contributed by atoms with Gasteiger partial charge in [0, 0.05) is 6.54 Å². The molecule has 3 N–H and O–H groups in total. The van der Waals surface area contributed by atoms with E-state index in [-0.39, 0.29) is 0 Å². The number of hydrogen-bond acceptors (Lipinski definition) is 5. The van der Waals surface area contributed by atoms with Crippen LogP contribution in [0.4, 0.5) is 5.95 Å². The Balaban J connectivity index is 2.35. The van der Waals surface area contributed by atoms with Crippen molar-refractivity contribution in [2.45, 2.75) is 0 Å². The van der Waals surface area contributed by atoms with E-state index in [1.54, 1.807) is 0 Å². The van der Waals surface area contributed by atoms with E-state index in [4.69, 9.17) is 5.73 Å². The molecule has 0 aliphatic carbocycles. The molecule has 1 aliphatic rings. The van der Waals surface area contributed by atoms with E-state index < -0.39 is 0 Å². The van der Waals surface area contributed by atoms with E-state index in [0.29, 0.717) is 11.9 Å². The molecule has 0 radical (unpaired) electrons. The first-order valence-corrected chi connectivity index (χ1v) is 3.32. The predicted molar refractivity (Wildman–Crippen MR) is 40.1 cm³/mol. The summed E-state index contributed by atoms with van der Waals surface area (Å²) in [6.07, 6.45) is 1.40. The lowest BCUT2D eigenvalue weighted by atomic mass is 10.7. The van der Waals surface area contributed by atoms with Gasteiger partial charge in [-0.25, -0.2) is 4.99 Å². The standard InChI is InChI=1S/C5H8N6/c6-4-9-3-10-11(4)5-7-1-2-8-5/h3H,1-2H2,(H,7,8)(H2,6,9,10). The maximum absolute atomic E-state index is 5.49. The second kappa shape index (κ2) is 2.22. The zero-order valence-electron chi connectivity index (χ0n) is 5.86. The highest BCUT2D eigenvalue weighted by Gasteiger charge is 2.10. The van der Waals surface area contributed by atoms with E-state index in [1.807, 2.05) is 0 Å². The molecule has 0 spiro atoms. The van der Waals surface area contributed by atoms with Gasteiger partial charge in [-0.2, -0.15) is 14.8 Å². The Labute approximate surface area is 63.1 Å². The maximum Gasteiger partial charge on any atom is 0.226 e. The molecule has 2 heterocycles. The van der Waals surface area contributed by atoms with Crippen molar-refractivity contribution < 1.29 is 0 Å². The molecule has 6 heteroatoms. The molecular formula is C5H8N6. The molecule has 0 aromatic carbocycles. The Bertz CT molecular complexity index is 287. The number of nitrogen functional groups attached to an aromatic ring is 1. The van der Waals surface area contributed by atoms with Gasteiger partial charge < -0.3 is 11.1 Å². The number of aliphatic imine (C=N–C) groups is 1. The normalized spacial score (nSPS) is 16.2. The Kier molecular flexibility index (Phi) is 1.24. The van der Waals surface area contributed by atoms with Crippen molar-refractivity contribution in [2.75, 3.05) is 18.8 Å². The lowest BCUT2D eigenvalue weighted by molar-refractivity contribution is 0.881. The minimum atomic E-state index is 0.359. The molecule has 0 saturated heterocycles. The molecule has 0 bridgehead atoms. The van der Waals surface area contributed by atoms with Crippen LogP contribution in [0.2, 0.25) is 0 Å². The Morgan fingerprint density at radius 1 is 1.64 bits per heavy atom. The van der Waals surface area contributed by atoms with E-state index in [2.05, 4.69) is 20.4 Å². The molecule has 0 fully saturated rings. The minimum Gasteiger partial charge on any atom is -0.368 e. The van der Waals surface area contributed by atoms with Crippen LogP contribution in [0.1, 0.15) is 0 Å². The second-order valence-corrected chi connectivity index (χ2v) is 2.16. The quantitative estimate of drug-likeness (QED) is 0.482. The molecule has 1 aliphatic heterocycles. The van der Waals surface area contributed by atoms with Gasteiger partial charge in [0.15, 0.2) is 0 Å². The first-order chi connectivity index (χ1) is 5.38. The molecule has 2 rings (SSSR count). The van der Waals surface area contributed by atoms with Crippen LogP contribution >= 0.6 is 0 Å². The van der Waals surface area contributed by atoms with E-state index in [0.717, 1.165) is 13.1 Å². The van der Waals surface area contributed by atoms with Gasteiger partial charge in [0.1, 0.15) is 6.33 Å². The van der Waals surface area contributed by atoms with Crippen molar-refractivity contribution in [2.24, 2.45) is 4.99 Å². The number of rotatable bonds is 0. The zero-order valence-corrected chi connectivity index (χ0v) is 5.86. The number of nitrogens with one attached hydrogen (secondary N) is 1. The SMILES string of the molecule is Nc1ncnn1C1=NCCN1. The monoisotopic (exact) mass is 152 g/mol. The van der Waals surface area contributed by atoms with Crippen molar-refractivity contribution in [1.29, 1.82) is 0 Å². The smallest absolute Gasteiger partial charge is 0.226 e.